The molecule has 0 bridgehead atoms. The fourth-order valence-electron chi connectivity index (χ4n) is 2.92. The quantitative estimate of drug-likeness (QED) is 0.172. The zero-order valence-corrected chi connectivity index (χ0v) is 21.9. The zero-order chi connectivity index (χ0) is 24.8. The van der Waals surface area contributed by atoms with E-state index < -0.39 is 17.1 Å². The minimum Gasteiger partial charge on any atom is -0.490 e. The molecular formula is C23H19ClINO7S. The van der Waals surface area contributed by atoms with E-state index in [9.17, 15) is 19.2 Å². The fourth-order valence-corrected chi connectivity index (χ4v) is 4.67. The lowest BCUT2D eigenvalue weighted by Crippen LogP contribution is -2.33. The molecule has 0 unspecified atom stereocenters. The monoisotopic (exact) mass is 615 g/mol. The number of carbonyl (C=O) groups excluding carboxylic acids is 4. The average Bonchev–Trinajstić information content (AvgIpc) is 3.06. The van der Waals surface area contributed by atoms with E-state index in [0.717, 1.165) is 16.7 Å². The number of hydrogen-bond acceptors (Lipinski definition) is 8. The van der Waals surface area contributed by atoms with Gasteiger partial charge in [-0.2, -0.15) is 0 Å². The van der Waals surface area contributed by atoms with Gasteiger partial charge in [-0.3, -0.25) is 19.3 Å². The Morgan fingerprint density at radius 2 is 1.85 bits per heavy atom. The highest BCUT2D eigenvalue weighted by atomic mass is 127. The third-order valence-corrected chi connectivity index (χ3v) is 6.49. The molecule has 1 aliphatic heterocycles. The van der Waals surface area contributed by atoms with Gasteiger partial charge in [-0.05, 0) is 89.3 Å². The number of ketones is 1. The number of benzene rings is 2. The summed E-state index contributed by atoms with van der Waals surface area (Å²) >= 11 is 8.62. The van der Waals surface area contributed by atoms with Gasteiger partial charge in [0.15, 0.2) is 23.9 Å². The van der Waals surface area contributed by atoms with Crippen LogP contribution in [0.3, 0.4) is 0 Å². The van der Waals surface area contributed by atoms with Crippen LogP contribution in [0.5, 0.6) is 11.5 Å². The number of rotatable bonds is 9. The van der Waals surface area contributed by atoms with Gasteiger partial charge in [0.1, 0.15) is 0 Å². The summed E-state index contributed by atoms with van der Waals surface area (Å²) in [6, 6.07) is 9.59. The normalized spacial score (nSPS) is 14.5. The van der Waals surface area contributed by atoms with Crippen molar-refractivity contribution in [2.75, 3.05) is 26.9 Å². The number of esters is 1. The van der Waals surface area contributed by atoms with Gasteiger partial charge >= 0.3 is 5.97 Å². The highest BCUT2D eigenvalue weighted by molar-refractivity contribution is 14.1. The van der Waals surface area contributed by atoms with Crippen LogP contribution in [-0.4, -0.2) is 54.7 Å². The van der Waals surface area contributed by atoms with E-state index in [4.69, 9.17) is 21.1 Å². The maximum absolute atomic E-state index is 12.8. The Bertz CT molecular complexity index is 1170. The van der Waals surface area contributed by atoms with Crippen LogP contribution >= 0.6 is 46.0 Å². The van der Waals surface area contributed by atoms with Crippen LogP contribution in [0.15, 0.2) is 41.3 Å². The Morgan fingerprint density at radius 1 is 1.15 bits per heavy atom. The van der Waals surface area contributed by atoms with Gasteiger partial charge in [-0.15, -0.1) is 0 Å². The Morgan fingerprint density at radius 3 is 2.50 bits per heavy atom. The summed E-state index contributed by atoms with van der Waals surface area (Å²) in [6.07, 6.45) is 1.55. The smallest absolute Gasteiger partial charge is 0.343 e. The molecule has 0 N–H and O–H groups in total. The topological polar surface area (TPSA) is 99.2 Å². The van der Waals surface area contributed by atoms with E-state index in [1.165, 1.54) is 7.11 Å². The molecule has 1 saturated heterocycles. The second kappa shape index (κ2) is 11.7. The third-order valence-electron chi connectivity index (χ3n) is 4.53. The summed E-state index contributed by atoms with van der Waals surface area (Å²) < 4.78 is 16.4. The largest absolute Gasteiger partial charge is 0.490 e. The molecule has 8 nitrogen and oxygen atoms in total. The van der Waals surface area contributed by atoms with Crippen molar-refractivity contribution in [3.63, 3.8) is 0 Å². The molecule has 0 spiro atoms. The van der Waals surface area contributed by atoms with Gasteiger partial charge in [-0.1, -0.05) is 11.6 Å². The summed E-state index contributed by atoms with van der Waals surface area (Å²) in [5.41, 5.74) is 0.943. The molecule has 1 aliphatic rings. The second-order valence-corrected chi connectivity index (χ2v) is 9.42. The van der Waals surface area contributed by atoms with Crippen LogP contribution in [0.25, 0.3) is 6.08 Å². The number of Topliss-reactive ketones (excluding diaryl/α,β-unsaturated/α-hetero) is 1. The number of ether oxygens (including phenoxy) is 3. The zero-order valence-electron chi connectivity index (χ0n) is 18.1. The Hall–Kier alpha value is -2.57. The van der Waals surface area contributed by atoms with E-state index in [2.05, 4.69) is 4.74 Å². The van der Waals surface area contributed by atoms with Crippen LogP contribution in [0.1, 0.15) is 22.8 Å². The Labute approximate surface area is 218 Å². The van der Waals surface area contributed by atoms with Crippen molar-refractivity contribution in [3.8, 4) is 11.5 Å². The van der Waals surface area contributed by atoms with Crippen molar-refractivity contribution in [2.24, 2.45) is 0 Å². The first kappa shape index (κ1) is 26.0. The molecular weight excluding hydrogens is 597 g/mol. The van der Waals surface area contributed by atoms with Crippen LogP contribution in [0.2, 0.25) is 5.02 Å². The van der Waals surface area contributed by atoms with Crippen molar-refractivity contribution in [1.82, 2.24) is 4.90 Å². The van der Waals surface area contributed by atoms with Crippen molar-refractivity contribution in [1.29, 1.82) is 0 Å². The maximum atomic E-state index is 12.8. The first-order valence-electron chi connectivity index (χ1n) is 9.93. The van der Waals surface area contributed by atoms with Gasteiger partial charge in [0.2, 0.25) is 0 Å². The van der Waals surface area contributed by atoms with Crippen molar-refractivity contribution >= 4 is 74.9 Å². The molecule has 0 radical (unpaired) electrons. The van der Waals surface area contributed by atoms with Gasteiger partial charge < -0.3 is 14.2 Å². The number of nitrogens with zero attached hydrogens (tertiary/aromatic N) is 1. The van der Waals surface area contributed by atoms with Crippen molar-refractivity contribution in [3.05, 3.63) is 61.0 Å². The second-order valence-electron chi connectivity index (χ2n) is 6.83. The van der Waals surface area contributed by atoms with E-state index in [0.29, 0.717) is 37.8 Å². The lowest BCUT2D eigenvalue weighted by molar-refractivity contribution is -0.143. The van der Waals surface area contributed by atoms with Gasteiger partial charge in [0, 0.05) is 10.6 Å². The predicted molar refractivity (Wildman–Crippen MR) is 136 cm³/mol. The molecule has 0 aromatic heterocycles. The van der Waals surface area contributed by atoms with Gasteiger partial charge in [0.25, 0.3) is 11.1 Å². The molecule has 1 heterocycles. The van der Waals surface area contributed by atoms with Gasteiger partial charge in [0.05, 0.1) is 28.7 Å². The van der Waals surface area contributed by atoms with Crippen LogP contribution < -0.4 is 9.47 Å². The molecule has 0 atom stereocenters. The molecule has 3 rings (SSSR count). The first-order valence-corrected chi connectivity index (χ1v) is 12.2. The highest BCUT2D eigenvalue weighted by Crippen LogP contribution is 2.37. The van der Waals surface area contributed by atoms with Crippen molar-refractivity contribution < 1.29 is 33.4 Å². The van der Waals surface area contributed by atoms with E-state index in [1.54, 1.807) is 49.4 Å². The Kier molecular flexibility index (Phi) is 8.97. The molecule has 34 heavy (non-hydrogen) atoms. The molecule has 2 aromatic carbocycles. The number of hydrogen-bond donors (Lipinski definition) is 0. The molecule has 2 aromatic rings. The standard InChI is InChI=1S/C23H19ClINO7S/c1-3-32-18-9-13(8-16(25)21(18)33-12-20(28)31-2)10-19-22(29)26(23(30)34-19)11-17(27)14-4-6-15(24)7-5-14/h4-10H,3,11-12H2,1-2H3/b19-10+. The summed E-state index contributed by atoms with van der Waals surface area (Å²) in [6.45, 7) is 1.49. The van der Waals surface area contributed by atoms with Gasteiger partial charge in [-0.25, -0.2) is 4.79 Å². The summed E-state index contributed by atoms with van der Waals surface area (Å²) in [5, 5.41) is -0.0512. The predicted octanol–water partition coefficient (Wildman–Crippen LogP) is 4.81. The number of carbonyl (C=O) groups is 4. The summed E-state index contributed by atoms with van der Waals surface area (Å²) in [5.74, 6) is -0.727. The van der Waals surface area contributed by atoms with E-state index in [-0.39, 0.29) is 23.8 Å². The lowest BCUT2D eigenvalue weighted by Gasteiger charge is -2.14. The summed E-state index contributed by atoms with van der Waals surface area (Å²) in [4.78, 5) is 50.3. The van der Waals surface area contributed by atoms with Crippen LogP contribution in [-0.2, 0) is 14.3 Å². The van der Waals surface area contributed by atoms with E-state index >= 15 is 0 Å². The van der Waals surface area contributed by atoms with Crippen LogP contribution in [0, 0.1) is 3.57 Å². The number of imide groups is 1. The van der Waals surface area contributed by atoms with Crippen LogP contribution in [0.4, 0.5) is 4.79 Å². The molecule has 2 amide bonds. The highest BCUT2D eigenvalue weighted by Gasteiger charge is 2.36. The number of halogens is 2. The number of thioether (sulfide) groups is 1. The lowest BCUT2D eigenvalue weighted by atomic mass is 10.1. The third kappa shape index (κ3) is 6.30. The minimum absolute atomic E-state index is 0.176. The molecule has 178 valence electrons. The SMILES string of the molecule is CCOc1cc(/C=C2/SC(=O)N(CC(=O)c3ccc(Cl)cc3)C2=O)cc(I)c1OCC(=O)OC. The maximum Gasteiger partial charge on any atom is 0.343 e. The minimum atomic E-state index is -0.559. The van der Waals surface area contributed by atoms with E-state index in [1.807, 2.05) is 22.6 Å². The Balaban J connectivity index is 1.81. The molecule has 1 fully saturated rings. The van der Waals surface area contributed by atoms with Crippen molar-refractivity contribution in [2.45, 2.75) is 6.92 Å². The molecule has 0 saturated carbocycles. The molecule has 11 heteroatoms. The number of amides is 2. The molecule has 0 aliphatic carbocycles. The first-order chi connectivity index (χ1) is 16.2. The fraction of sp³-hybridized carbons (Fsp3) is 0.217. The summed E-state index contributed by atoms with van der Waals surface area (Å²) in [7, 11) is 1.26. The number of methoxy groups -OCH3 is 1. The average molecular weight is 616 g/mol.